The molecule has 12 nitrogen and oxygen atoms in total. The van der Waals surface area contributed by atoms with Crippen LogP contribution in [0.3, 0.4) is 0 Å². The SMILES string of the molecule is CCCCCCCCCCCCCCCCCCC(CCCCCCCCCCCCCCCCCC)(OC(=O)CCc1cc(C(C)(C)C)c(O)c(C(C)(C)C)c1)C(C)(C)C(OC(=O)CCc1cc(C(C)(C)C)c(O)c(C(C)(C)C)c1)(OC(=O)CCc1cc(C(C)(C)C)c(O)c(C(C)(C)C)c1)OC(=O)CCc1cc(C(C)(C)C)c(O)c(C(C)(C)C)c1. The Morgan fingerprint density at radius 1 is 0.231 bits per heavy atom. The Hall–Kier alpha value is -6.04. The molecular formula is C109H180O12. The van der Waals surface area contributed by atoms with Gasteiger partial charge >= 0.3 is 29.9 Å². The molecule has 688 valence electrons. The molecule has 4 aromatic carbocycles. The number of carbonyl (C=O) groups excluding carboxylic acids is 4. The van der Waals surface area contributed by atoms with E-state index in [0.29, 0.717) is 12.8 Å². The van der Waals surface area contributed by atoms with Crippen LogP contribution in [0.2, 0.25) is 0 Å². The molecule has 4 N–H and O–H groups in total. The minimum atomic E-state index is -2.91. The van der Waals surface area contributed by atoms with E-state index < -0.39 is 84.2 Å². The number of benzene rings is 4. The molecule has 0 unspecified atom stereocenters. The molecule has 0 saturated heterocycles. The van der Waals surface area contributed by atoms with Crippen molar-refractivity contribution in [3.05, 3.63) is 115 Å². The van der Waals surface area contributed by atoms with Gasteiger partial charge in [-0.25, -0.2) is 0 Å². The van der Waals surface area contributed by atoms with E-state index in [-0.39, 0.29) is 87.2 Å². The van der Waals surface area contributed by atoms with Crippen LogP contribution >= 0.6 is 0 Å². The maximum atomic E-state index is 16.1. The summed E-state index contributed by atoms with van der Waals surface area (Å²) >= 11 is 0. The first-order chi connectivity index (χ1) is 56.1. The van der Waals surface area contributed by atoms with E-state index in [4.69, 9.17) is 18.9 Å². The molecule has 0 heterocycles. The van der Waals surface area contributed by atoms with E-state index >= 15 is 19.2 Å². The lowest BCUT2D eigenvalue weighted by Gasteiger charge is -2.52. The number of rotatable bonds is 52. The first-order valence-corrected chi connectivity index (χ1v) is 48.4. The summed E-state index contributed by atoms with van der Waals surface area (Å²) in [5.74, 6) is -5.07. The van der Waals surface area contributed by atoms with Crippen LogP contribution in [-0.2, 0) is 107 Å². The standard InChI is InChI=1S/C109H180O12/c1-29-31-33-35-37-39-41-43-45-47-49-51-53-55-57-59-69-108(70-60-58-56-54-52-50-48-46-44-42-40-38-36-34-32-30-2,118-91(110)65-61-79-71-83(99(3,4)5)95(114)84(72-79)100(6,7)8)107(27,28)109(119-92(111)66-62-80-73-85(101(9,10)11)96(115)86(74-80)102(12,13)14,120-93(112)67-63-81-75-87(103(15,16)17)97(116)88(76-81)104(18,19)20)121-94(113)68-64-82-77-89(105(21,22)23)98(117)90(78-82)106(24,25)26/h71-78,114-117H,29-70H2,1-28H3. The molecule has 0 aromatic heterocycles. The maximum Gasteiger partial charge on any atom is 0.432 e. The van der Waals surface area contributed by atoms with Crippen LogP contribution < -0.4 is 0 Å². The van der Waals surface area contributed by atoms with Crippen molar-refractivity contribution >= 4 is 23.9 Å². The van der Waals surface area contributed by atoms with Gasteiger partial charge in [-0.2, -0.15) is 0 Å². The highest BCUT2D eigenvalue weighted by Crippen LogP contribution is 2.54. The number of aryl methyl sites for hydroxylation is 4. The third kappa shape index (κ3) is 35.0. The van der Waals surface area contributed by atoms with Gasteiger partial charge < -0.3 is 39.4 Å². The zero-order valence-electron chi connectivity index (χ0n) is 82.9. The summed E-state index contributed by atoms with van der Waals surface area (Å²) in [4.78, 5) is 64.2. The Balaban J connectivity index is 2.10. The molecule has 0 spiro atoms. The van der Waals surface area contributed by atoms with E-state index in [1.807, 2.05) is 173 Å². The lowest BCUT2D eigenvalue weighted by molar-refractivity contribution is -0.398. The molecule has 0 aliphatic carbocycles. The van der Waals surface area contributed by atoms with Gasteiger partial charge in [0.2, 0.25) is 0 Å². The van der Waals surface area contributed by atoms with Crippen LogP contribution in [0.1, 0.15) is 505 Å². The third-order valence-electron chi connectivity index (χ3n) is 25.4. The fourth-order valence-corrected chi connectivity index (χ4v) is 17.4. The third-order valence-corrected chi connectivity index (χ3v) is 25.4. The fourth-order valence-electron chi connectivity index (χ4n) is 17.4. The van der Waals surface area contributed by atoms with E-state index in [9.17, 15) is 20.4 Å². The van der Waals surface area contributed by atoms with Gasteiger partial charge in [0.15, 0.2) is 0 Å². The number of carbonyl (C=O) groups is 4. The number of ether oxygens (including phenoxy) is 4. The molecule has 0 aliphatic heterocycles. The largest absolute Gasteiger partial charge is 0.507 e. The Kier molecular flexibility index (Phi) is 42.6. The van der Waals surface area contributed by atoms with Gasteiger partial charge in [0, 0.05) is 25.7 Å². The van der Waals surface area contributed by atoms with Gasteiger partial charge in [-0.15, -0.1) is 0 Å². The molecule has 4 rings (SSSR count). The predicted molar refractivity (Wildman–Crippen MR) is 507 cm³/mol. The Morgan fingerprint density at radius 3 is 0.537 bits per heavy atom. The average Bonchev–Trinajstić information content (AvgIpc) is 0.725. The lowest BCUT2D eigenvalue weighted by atomic mass is 9.66. The number of hydrogen-bond acceptors (Lipinski definition) is 12. The minimum Gasteiger partial charge on any atom is -0.507 e. The van der Waals surface area contributed by atoms with E-state index in [1.165, 1.54) is 128 Å². The van der Waals surface area contributed by atoms with Crippen LogP contribution in [0, 0.1) is 5.41 Å². The zero-order chi connectivity index (χ0) is 91.2. The van der Waals surface area contributed by atoms with Gasteiger partial charge in [-0.05, 0) is 175 Å². The molecular weight excluding hydrogens is 1500 g/mol. The highest BCUT2D eigenvalue weighted by Gasteiger charge is 2.68. The first kappa shape index (κ1) is 107. The molecule has 0 bridgehead atoms. The van der Waals surface area contributed by atoms with Gasteiger partial charge in [0.1, 0.15) is 34.0 Å². The molecule has 12 heteroatoms. The number of esters is 4. The van der Waals surface area contributed by atoms with E-state index in [0.717, 1.165) is 131 Å². The molecule has 121 heavy (non-hydrogen) atoms. The maximum absolute atomic E-state index is 16.1. The van der Waals surface area contributed by atoms with Crippen molar-refractivity contribution in [1.82, 2.24) is 0 Å². The average molecular weight is 1680 g/mol. The number of hydrogen-bond donors (Lipinski definition) is 4. The van der Waals surface area contributed by atoms with E-state index in [1.54, 1.807) is 13.8 Å². The Morgan fingerprint density at radius 2 is 0.380 bits per heavy atom. The molecule has 0 atom stereocenters. The lowest BCUT2D eigenvalue weighted by Crippen LogP contribution is -2.65. The quantitative estimate of drug-likeness (QED) is 0.0187. The molecule has 0 fully saturated rings. The Labute approximate surface area is 740 Å². The summed E-state index contributed by atoms with van der Waals surface area (Å²) in [7, 11) is 0. The highest BCUT2D eigenvalue weighted by molar-refractivity contribution is 5.76. The van der Waals surface area contributed by atoms with Crippen molar-refractivity contribution in [2.45, 2.75) is 518 Å². The van der Waals surface area contributed by atoms with Crippen LogP contribution in [-0.4, -0.2) is 55.9 Å². The topological polar surface area (TPSA) is 186 Å². The smallest absolute Gasteiger partial charge is 0.432 e. The summed E-state index contributed by atoms with van der Waals surface area (Å²) in [5.41, 5.74) is 1.76. The summed E-state index contributed by atoms with van der Waals surface area (Å²) in [6.07, 6.45) is 37.3. The zero-order valence-corrected chi connectivity index (χ0v) is 82.9. The van der Waals surface area contributed by atoms with Crippen molar-refractivity contribution in [1.29, 1.82) is 0 Å². The highest BCUT2D eigenvalue weighted by atomic mass is 16.9. The predicted octanol–water partition coefficient (Wildman–Crippen LogP) is 30.6. The number of phenols is 4. The second-order valence-electron chi connectivity index (χ2n) is 45.3. The van der Waals surface area contributed by atoms with Crippen molar-refractivity contribution in [2.24, 2.45) is 5.41 Å². The molecule has 0 amide bonds. The second kappa shape index (κ2) is 48.1. The summed E-state index contributed by atoms with van der Waals surface area (Å²) < 4.78 is 28.8. The number of unbranched alkanes of at least 4 members (excludes halogenated alkanes) is 30. The monoisotopic (exact) mass is 1680 g/mol. The summed E-state index contributed by atoms with van der Waals surface area (Å²) in [5, 5.41) is 47.9. The normalized spacial score (nSPS) is 13.1. The van der Waals surface area contributed by atoms with Gasteiger partial charge in [-0.1, -0.05) is 421 Å². The molecule has 0 radical (unpaired) electrons. The van der Waals surface area contributed by atoms with Crippen molar-refractivity contribution in [3.8, 4) is 23.0 Å². The molecule has 4 aromatic rings. The van der Waals surface area contributed by atoms with E-state index in [2.05, 4.69) is 55.4 Å². The van der Waals surface area contributed by atoms with Crippen LogP contribution in [0.25, 0.3) is 0 Å². The van der Waals surface area contributed by atoms with Crippen molar-refractivity contribution < 1.29 is 58.6 Å². The number of phenolic OH excluding ortho intramolecular Hbond substituents is 4. The van der Waals surface area contributed by atoms with Crippen LogP contribution in [0.15, 0.2) is 48.5 Å². The summed E-state index contributed by atoms with van der Waals surface area (Å²) in [6.45, 7) is 57.5. The summed E-state index contributed by atoms with van der Waals surface area (Å²) in [6, 6.07) is 15.7. The Bertz CT molecular complexity index is 3390. The van der Waals surface area contributed by atoms with Gasteiger partial charge in [-0.3, -0.25) is 19.2 Å². The minimum absolute atomic E-state index is 0.0702. The molecule has 0 aliphatic rings. The number of aromatic hydroxyl groups is 4. The molecule has 0 saturated carbocycles. The van der Waals surface area contributed by atoms with Crippen LogP contribution in [0.5, 0.6) is 23.0 Å². The van der Waals surface area contributed by atoms with Gasteiger partial charge in [0.25, 0.3) is 0 Å². The van der Waals surface area contributed by atoms with Crippen LogP contribution in [0.4, 0.5) is 0 Å². The van der Waals surface area contributed by atoms with Gasteiger partial charge in [0.05, 0.1) is 0 Å². The van der Waals surface area contributed by atoms with Crippen molar-refractivity contribution in [2.75, 3.05) is 0 Å². The second-order valence-corrected chi connectivity index (χ2v) is 45.3. The fraction of sp³-hybridized carbons (Fsp3) is 0.743. The first-order valence-electron chi connectivity index (χ1n) is 48.4. The van der Waals surface area contributed by atoms with Crippen molar-refractivity contribution in [3.63, 3.8) is 0 Å².